The van der Waals surface area contributed by atoms with E-state index in [0.717, 1.165) is 28.2 Å². The Bertz CT molecular complexity index is 1200. The molecule has 4 rings (SSSR count). The van der Waals surface area contributed by atoms with Gasteiger partial charge in [-0.25, -0.2) is 0 Å². The molecule has 1 atom stereocenters. The summed E-state index contributed by atoms with van der Waals surface area (Å²) in [6.45, 7) is 6.50. The molecule has 156 valence electrons. The maximum absolute atomic E-state index is 14.8. The van der Waals surface area contributed by atoms with Crippen molar-refractivity contribution in [2.45, 2.75) is 33.4 Å². The molecule has 4 aromatic rings. The van der Waals surface area contributed by atoms with Crippen molar-refractivity contribution < 1.29 is 4.57 Å². The molecule has 0 radical (unpaired) electrons. The minimum absolute atomic E-state index is 0.529. The zero-order chi connectivity index (χ0) is 21.8. The molecule has 0 N–H and O–H groups in total. The van der Waals surface area contributed by atoms with Crippen LogP contribution >= 0.6 is 7.14 Å². The third kappa shape index (κ3) is 4.58. The first kappa shape index (κ1) is 21.3. The lowest BCUT2D eigenvalue weighted by Crippen LogP contribution is -2.21. The van der Waals surface area contributed by atoms with Crippen molar-refractivity contribution in [2.24, 2.45) is 0 Å². The lowest BCUT2D eigenvalue weighted by Gasteiger charge is -2.23. The molecule has 0 aromatic heterocycles. The van der Waals surface area contributed by atoms with Crippen molar-refractivity contribution in [1.82, 2.24) is 0 Å². The average molecular weight is 425 g/mol. The highest BCUT2D eigenvalue weighted by atomic mass is 31.2. The zero-order valence-corrected chi connectivity index (χ0v) is 19.4. The van der Waals surface area contributed by atoms with E-state index in [1.807, 2.05) is 54.6 Å². The van der Waals surface area contributed by atoms with Crippen LogP contribution in [0.3, 0.4) is 0 Å². The highest BCUT2D eigenvalue weighted by Gasteiger charge is 2.30. The van der Waals surface area contributed by atoms with Gasteiger partial charge in [-0.05, 0) is 55.0 Å². The molecule has 4 aromatic carbocycles. The monoisotopic (exact) mass is 424 g/mol. The van der Waals surface area contributed by atoms with E-state index in [2.05, 4.69) is 63.2 Å². The summed E-state index contributed by atoms with van der Waals surface area (Å²) in [5.74, 6) is 0. The molecule has 0 aliphatic heterocycles. The van der Waals surface area contributed by atoms with Crippen molar-refractivity contribution in [2.75, 3.05) is 0 Å². The first-order chi connectivity index (χ1) is 15.0. The molecule has 0 aliphatic carbocycles. The third-order valence-corrected chi connectivity index (χ3v) is 9.17. The van der Waals surface area contributed by atoms with Crippen molar-refractivity contribution >= 4 is 17.8 Å². The van der Waals surface area contributed by atoms with E-state index in [9.17, 15) is 4.57 Å². The second kappa shape index (κ2) is 9.08. The molecular formula is C29H29OP. The Kier molecular flexibility index (Phi) is 6.25. The van der Waals surface area contributed by atoms with Gasteiger partial charge in [0.25, 0.3) is 0 Å². The summed E-state index contributed by atoms with van der Waals surface area (Å²) in [4.78, 5) is 0. The highest BCUT2D eigenvalue weighted by Crippen LogP contribution is 2.48. The van der Waals surface area contributed by atoms with Gasteiger partial charge in [0.1, 0.15) is 7.14 Å². The largest absolute Gasteiger partial charge is 0.313 e. The van der Waals surface area contributed by atoms with Gasteiger partial charge >= 0.3 is 0 Å². The Labute approximate surface area is 186 Å². The van der Waals surface area contributed by atoms with Crippen molar-refractivity contribution in [3.63, 3.8) is 0 Å². The van der Waals surface area contributed by atoms with Crippen LogP contribution in [0.1, 0.15) is 33.4 Å². The average Bonchev–Trinajstić information content (AvgIpc) is 2.78. The maximum Gasteiger partial charge on any atom is 0.147 e. The molecule has 0 spiro atoms. The molecule has 0 fully saturated rings. The Morgan fingerprint density at radius 1 is 0.677 bits per heavy atom. The molecule has 0 amide bonds. The Hall–Kier alpha value is -2.89. The molecule has 31 heavy (non-hydrogen) atoms. The van der Waals surface area contributed by atoms with Gasteiger partial charge in [-0.15, -0.1) is 0 Å². The van der Waals surface area contributed by atoms with Gasteiger partial charge in [-0.1, -0.05) is 103 Å². The van der Waals surface area contributed by atoms with E-state index in [-0.39, 0.29) is 0 Å². The van der Waals surface area contributed by atoms with Gasteiger partial charge in [0.2, 0.25) is 0 Å². The Morgan fingerprint density at radius 3 is 1.87 bits per heavy atom. The summed E-state index contributed by atoms with van der Waals surface area (Å²) in [6, 6.07) is 33.0. The van der Waals surface area contributed by atoms with Gasteiger partial charge in [0.15, 0.2) is 0 Å². The normalized spacial score (nSPS) is 13.0. The third-order valence-electron chi connectivity index (χ3n) is 6.01. The number of aryl methyl sites for hydroxylation is 3. The predicted molar refractivity (Wildman–Crippen MR) is 133 cm³/mol. The van der Waals surface area contributed by atoms with Gasteiger partial charge in [-0.3, -0.25) is 0 Å². The molecule has 0 bridgehead atoms. The first-order valence-corrected chi connectivity index (χ1v) is 12.7. The van der Waals surface area contributed by atoms with Crippen molar-refractivity contribution in [1.29, 1.82) is 0 Å². The summed E-state index contributed by atoms with van der Waals surface area (Å²) in [6.07, 6.45) is 1.32. The van der Waals surface area contributed by atoms with Crippen LogP contribution in [-0.4, -0.2) is 0 Å². The molecule has 0 saturated carbocycles. The van der Waals surface area contributed by atoms with Gasteiger partial charge in [0.05, 0.1) is 0 Å². The fourth-order valence-electron chi connectivity index (χ4n) is 4.52. The van der Waals surface area contributed by atoms with E-state index < -0.39 is 7.14 Å². The predicted octanol–water partition coefficient (Wildman–Crippen LogP) is 6.72. The standard InChI is InChI=1S/C29H29OP/c1-22-18-23(2)28(24(3)19-22)20-26-14-10-11-17-29(26)31(30,27-15-8-5-9-16-27)21-25-12-6-4-7-13-25/h4-19H,20-21H2,1-3H3. The van der Waals surface area contributed by atoms with Crippen molar-refractivity contribution in [3.05, 3.63) is 130 Å². The van der Waals surface area contributed by atoms with Crippen LogP contribution in [0.4, 0.5) is 0 Å². The quantitative estimate of drug-likeness (QED) is 0.314. The van der Waals surface area contributed by atoms with Crippen LogP contribution in [0.2, 0.25) is 0 Å². The molecule has 1 unspecified atom stereocenters. The summed E-state index contributed by atoms with van der Waals surface area (Å²) in [5, 5.41) is 1.90. The molecular weight excluding hydrogens is 395 g/mol. The molecule has 2 heteroatoms. The van der Waals surface area contributed by atoms with Crippen LogP contribution in [0.25, 0.3) is 0 Å². The topological polar surface area (TPSA) is 17.1 Å². The summed E-state index contributed by atoms with van der Waals surface area (Å²) in [5.41, 5.74) is 7.46. The minimum atomic E-state index is -2.86. The van der Waals surface area contributed by atoms with Crippen LogP contribution < -0.4 is 10.6 Å². The lowest BCUT2D eigenvalue weighted by atomic mass is 9.94. The molecule has 0 saturated heterocycles. The second-order valence-electron chi connectivity index (χ2n) is 8.40. The van der Waals surface area contributed by atoms with E-state index in [1.54, 1.807) is 0 Å². The smallest absolute Gasteiger partial charge is 0.147 e. The number of benzene rings is 4. The van der Waals surface area contributed by atoms with Gasteiger partial charge < -0.3 is 4.57 Å². The van der Waals surface area contributed by atoms with Gasteiger partial charge in [0, 0.05) is 16.8 Å². The first-order valence-electron chi connectivity index (χ1n) is 10.8. The molecule has 0 aliphatic rings. The zero-order valence-electron chi connectivity index (χ0n) is 18.5. The van der Waals surface area contributed by atoms with Crippen LogP contribution in [0, 0.1) is 20.8 Å². The molecule has 0 heterocycles. The fourth-order valence-corrected chi connectivity index (χ4v) is 7.47. The van der Waals surface area contributed by atoms with Gasteiger partial charge in [-0.2, -0.15) is 0 Å². The minimum Gasteiger partial charge on any atom is -0.313 e. The number of rotatable bonds is 6. The van der Waals surface area contributed by atoms with Crippen LogP contribution in [-0.2, 0) is 17.1 Å². The SMILES string of the molecule is Cc1cc(C)c(Cc2ccccc2P(=O)(Cc2ccccc2)c2ccccc2)c(C)c1. The lowest BCUT2D eigenvalue weighted by molar-refractivity contribution is 0.586. The maximum atomic E-state index is 14.8. The fraction of sp³-hybridized carbons (Fsp3) is 0.172. The Morgan fingerprint density at radius 2 is 1.23 bits per heavy atom. The van der Waals surface area contributed by atoms with Crippen LogP contribution in [0.15, 0.2) is 97.1 Å². The summed E-state index contributed by atoms with van der Waals surface area (Å²) >= 11 is 0. The summed E-state index contributed by atoms with van der Waals surface area (Å²) in [7, 11) is -2.86. The van der Waals surface area contributed by atoms with E-state index in [1.165, 1.54) is 22.3 Å². The van der Waals surface area contributed by atoms with E-state index >= 15 is 0 Å². The van der Waals surface area contributed by atoms with Crippen LogP contribution in [0.5, 0.6) is 0 Å². The van der Waals surface area contributed by atoms with E-state index in [0.29, 0.717) is 6.16 Å². The number of hydrogen-bond acceptors (Lipinski definition) is 1. The highest BCUT2D eigenvalue weighted by molar-refractivity contribution is 7.78. The number of hydrogen-bond donors (Lipinski definition) is 0. The van der Waals surface area contributed by atoms with Crippen molar-refractivity contribution in [3.8, 4) is 0 Å². The Balaban J connectivity index is 1.85. The summed E-state index contributed by atoms with van der Waals surface area (Å²) < 4.78 is 14.8. The second-order valence-corrected chi connectivity index (χ2v) is 11.2. The molecule has 1 nitrogen and oxygen atoms in total. The van der Waals surface area contributed by atoms with E-state index in [4.69, 9.17) is 0 Å².